The van der Waals surface area contributed by atoms with Crippen molar-refractivity contribution in [2.24, 2.45) is 35.5 Å². The third-order valence-electron chi connectivity index (χ3n) is 13.4. The quantitative estimate of drug-likeness (QED) is 0.107. The summed E-state index contributed by atoms with van der Waals surface area (Å²) in [6.07, 6.45) is 17.7. The van der Waals surface area contributed by atoms with Crippen LogP contribution >= 0.6 is 0 Å². The number of carbonyl (C=O) groups excluding carboxylic acids is 2. The first-order chi connectivity index (χ1) is 27.6. The van der Waals surface area contributed by atoms with Crippen molar-refractivity contribution in [1.82, 2.24) is 40.5 Å². The molecule has 2 aromatic carbocycles. The normalized spacial score (nSPS) is 26.1. The Morgan fingerprint density at radius 2 is 0.946 bits per heavy atom. The number of carbonyl (C=O) groups is 2. The number of H-pyrrole nitrogens is 2. The van der Waals surface area contributed by atoms with E-state index in [1.54, 1.807) is 24.8 Å². The topological polar surface area (TPSA) is 141 Å². The van der Waals surface area contributed by atoms with E-state index in [2.05, 4.69) is 79.1 Å². The first-order valence-electron chi connectivity index (χ1n) is 20.2. The molecular formula is C46H46N8O2. The predicted molar refractivity (Wildman–Crippen MR) is 213 cm³/mol. The van der Waals surface area contributed by atoms with Gasteiger partial charge in [-0.3, -0.25) is 19.6 Å². The van der Waals surface area contributed by atoms with Crippen molar-refractivity contribution < 1.29 is 9.59 Å². The van der Waals surface area contributed by atoms with Gasteiger partial charge < -0.3 is 20.6 Å². The van der Waals surface area contributed by atoms with Gasteiger partial charge >= 0.3 is 0 Å². The standard InChI is InChI=1S/C46H46N8O2/c55-45(51-23-27-3-1-17-47-21-27)41-35-15-13-33(19-35)39(41)43-49-25-37(53-43)31-9-5-29(6-10-31)30-7-11-32(12-8-30)38-26-50-44(54-38)40-34-14-16-36(20-34)42(40)46(56)52-24-28-4-2-18-48-22-28/h1-12,17-18,21-22,25-26,33-36,39-42H,13-16,19-20,23-24H2,(H,49,53)(H,50,54)(H,51,55)(H,52,56)/t33?,34?,35?,36?,39-,40?,41-,42+/m1/s1. The Kier molecular flexibility index (Phi) is 9.04. The highest BCUT2D eigenvalue weighted by atomic mass is 16.2. The Labute approximate surface area is 326 Å². The van der Waals surface area contributed by atoms with E-state index in [0.717, 1.165) is 94.9 Å². The summed E-state index contributed by atoms with van der Waals surface area (Å²) in [6.45, 7) is 0.987. The van der Waals surface area contributed by atoms with Crippen LogP contribution in [0.15, 0.2) is 110 Å². The maximum Gasteiger partial charge on any atom is 0.224 e. The zero-order valence-corrected chi connectivity index (χ0v) is 31.3. The van der Waals surface area contributed by atoms with Crippen LogP contribution in [0.2, 0.25) is 0 Å². The van der Waals surface area contributed by atoms with Gasteiger partial charge in [-0.05, 0) is 108 Å². The minimum atomic E-state index is -0.0624. The SMILES string of the molecule is O=C(NCc1cccnc1)[C@H]1C2CCC(C2)C1c1ncc(-c2ccc(-c3ccc(-c4cnc([C@@H]5C6CCC(C6)[C@H]5C(=O)NCc5cccnc5)[nH]4)cc3)cc2)[nH]1. The number of rotatable bonds is 11. The molecular weight excluding hydrogens is 697 g/mol. The summed E-state index contributed by atoms with van der Waals surface area (Å²) in [4.78, 5) is 52.4. The molecule has 0 saturated heterocycles. The van der Waals surface area contributed by atoms with Crippen molar-refractivity contribution in [2.75, 3.05) is 0 Å². The van der Waals surface area contributed by atoms with Crippen LogP contribution < -0.4 is 10.6 Å². The second-order valence-electron chi connectivity index (χ2n) is 16.4. The maximum atomic E-state index is 13.5. The lowest BCUT2D eigenvalue weighted by Gasteiger charge is -2.28. The van der Waals surface area contributed by atoms with E-state index < -0.39 is 0 Å². The molecule has 4 heterocycles. The molecule has 0 aliphatic heterocycles. The zero-order valence-electron chi connectivity index (χ0n) is 31.3. The van der Waals surface area contributed by atoms with Gasteiger partial charge in [0.2, 0.25) is 11.8 Å². The van der Waals surface area contributed by atoms with Gasteiger partial charge in [0.25, 0.3) is 0 Å². The van der Waals surface area contributed by atoms with E-state index in [9.17, 15) is 9.59 Å². The maximum absolute atomic E-state index is 13.5. The number of benzene rings is 2. The predicted octanol–water partition coefficient (Wildman–Crippen LogP) is 7.82. The second kappa shape index (κ2) is 14.6. The highest BCUT2D eigenvalue weighted by molar-refractivity contribution is 5.81. The van der Waals surface area contributed by atoms with Gasteiger partial charge in [-0.2, -0.15) is 0 Å². The summed E-state index contributed by atoms with van der Waals surface area (Å²) in [5.74, 6) is 3.97. The van der Waals surface area contributed by atoms with E-state index in [0.29, 0.717) is 36.8 Å². The van der Waals surface area contributed by atoms with Crippen molar-refractivity contribution in [3.05, 3.63) is 133 Å². The van der Waals surface area contributed by atoms with Gasteiger partial charge in [-0.1, -0.05) is 60.7 Å². The molecule has 4 saturated carbocycles. The Morgan fingerprint density at radius 3 is 1.36 bits per heavy atom. The van der Waals surface area contributed by atoms with Crippen LogP contribution in [0.3, 0.4) is 0 Å². The lowest BCUT2D eigenvalue weighted by molar-refractivity contribution is -0.128. The van der Waals surface area contributed by atoms with Crippen molar-refractivity contribution in [1.29, 1.82) is 0 Å². The number of aromatic amines is 2. The molecule has 6 aromatic rings. The average Bonchev–Trinajstić information content (AvgIpc) is 4.12. The third kappa shape index (κ3) is 6.50. The number of imidazole rings is 2. The van der Waals surface area contributed by atoms with Crippen molar-refractivity contribution in [3.8, 4) is 33.6 Å². The molecule has 5 unspecified atom stereocenters. The number of aromatic nitrogens is 6. The van der Waals surface area contributed by atoms with Crippen LogP contribution in [0, 0.1) is 35.5 Å². The Hall–Kier alpha value is -5.90. The molecule has 4 N–H and O–H groups in total. The lowest BCUT2D eigenvalue weighted by Crippen LogP contribution is -2.37. The average molecular weight is 743 g/mol. The Balaban J connectivity index is 0.798. The van der Waals surface area contributed by atoms with Crippen LogP contribution in [0.25, 0.3) is 33.6 Å². The molecule has 4 aliphatic carbocycles. The van der Waals surface area contributed by atoms with Gasteiger partial charge in [0.05, 0.1) is 35.6 Å². The number of nitrogens with one attached hydrogen (secondary N) is 4. The zero-order chi connectivity index (χ0) is 37.6. The van der Waals surface area contributed by atoms with E-state index in [1.165, 1.54) is 0 Å². The summed E-state index contributed by atoms with van der Waals surface area (Å²) >= 11 is 0. The fraction of sp³-hybridized carbons (Fsp3) is 0.348. The highest BCUT2D eigenvalue weighted by Gasteiger charge is 2.53. The molecule has 0 radical (unpaired) electrons. The number of hydrogen-bond donors (Lipinski definition) is 4. The lowest BCUT2D eigenvalue weighted by atomic mass is 9.78. The molecule has 8 atom stereocenters. The Bertz CT molecular complexity index is 2160. The molecule has 2 amide bonds. The highest BCUT2D eigenvalue weighted by Crippen LogP contribution is 2.57. The molecule has 4 bridgehead atoms. The smallest absolute Gasteiger partial charge is 0.224 e. The number of fused-ring (bicyclic) bond motifs is 4. The molecule has 10 nitrogen and oxygen atoms in total. The first kappa shape index (κ1) is 34.6. The van der Waals surface area contributed by atoms with E-state index in [4.69, 9.17) is 9.97 Å². The van der Waals surface area contributed by atoms with Gasteiger partial charge in [0.1, 0.15) is 11.6 Å². The van der Waals surface area contributed by atoms with Crippen LogP contribution in [0.5, 0.6) is 0 Å². The fourth-order valence-corrected chi connectivity index (χ4v) is 10.7. The summed E-state index contributed by atoms with van der Waals surface area (Å²) < 4.78 is 0. The molecule has 4 aromatic heterocycles. The molecule has 4 fully saturated rings. The third-order valence-corrected chi connectivity index (χ3v) is 13.4. The summed E-state index contributed by atoms with van der Waals surface area (Å²) in [7, 11) is 0. The second-order valence-corrected chi connectivity index (χ2v) is 16.4. The largest absolute Gasteiger partial charge is 0.352 e. The molecule has 10 rings (SSSR count). The van der Waals surface area contributed by atoms with Gasteiger partial charge in [-0.25, -0.2) is 9.97 Å². The molecule has 56 heavy (non-hydrogen) atoms. The van der Waals surface area contributed by atoms with Crippen LogP contribution in [-0.4, -0.2) is 41.7 Å². The number of pyridine rings is 2. The van der Waals surface area contributed by atoms with Crippen molar-refractivity contribution in [2.45, 2.75) is 63.5 Å². The van der Waals surface area contributed by atoms with Gasteiger partial charge in [0.15, 0.2) is 0 Å². The summed E-state index contributed by atoms with van der Waals surface area (Å²) in [5, 5.41) is 6.38. The minimum Gasteiger partial charge on any atom is -0.352 e. The first-order valence-corrected chi connectivity index (χ1v) is 20.2. The van der Waals surface area contributed by atoms with Crippen molar-refractivity contribution in [3.63, 3.8) is 0 Å². The van der Waals surface area contributed by atoms with Crippen LogP contribution in [0.4, 0.5) is 0 Å². The molecule has 4 aliphatic rings. The summed E-state index contributed by atoms with van der Waals surface area (Å²) in [5.41, 5.74) is 8.35. The molecule has 0 spiro atoms. The van der Waals surface area contributed by atoms with Gasteiger partial charge in [-0.15, -0.1) is 0 Å². The van der Waals surface area contributed by atoms with E-state index in [-0.39, 0.29) is 35.5 Å². The summed E-state index contributed by atoms with van der Waals surface area (Å²) in [6, 6.07) is 24.9. The Morgan fingerprint density at radius 1 is 0.536 bits per heavy atom. The van der Waals surface area contributed by atoms with E-state index in [1.807, 2.05) is 36.7 Å². The van der Waals surface area contributed by atoms with Crippen LogP contribution in [-0.2, 0) is 22.7 Å². The molecule has 282 valence electrons. The number of amides is 2. The number of hydrogen-bond acceptors (Lipinski definition) is 6. The number of nitrogens with zero attached hydrogens (tertiary/aromatic N) is 4. The minimum absolute atomic E-state index is 0.0624. The van der Waals surface area contributed by atoms with Crippen molar-refractivity contribution >= 4 is 11.8 Å². The monoisotopic (exact) mass is 742 g/mol. The molecule has 10 heteroatoms. The fourth-order valence-electron chi connectivity index (χ4n) is 10.7. The van der Waals surface area contributed by atoms with E-state index >= 15 is 0 Å². The van der Waals surface area contributed by atoms with Gasteiger partial charge in [0, 0.05) is 49.7 Å². The van der Waals surface area contributed by atoms with Crippen LogP contribution in [0.1, 0.15) is 73.1 Å².